The fourth-order valence-electron chi connectivity index (χ4n) is 3.30. The van der Waals surface area contributed by atoms with Gasteiger partial charge < -0.3 is 15.5 Å². The second-order valence-corrected chi connectivity index (χ2v) is 8.93. The van der Waals surface area contributed by atoms with Crippen LogP contribution >= 0.6 is 0 Å². The lowest BCUT2D eigenvalue weighted by Gasteiger charge is -2.26. The summed E-state index contributed by atoms with van der Waals surface area (Å²) in [6.07, 6.45) is 0.684. The summed E-state index contributed by atoms with van der Waals surface area (Å²) in [5, 5.41) is 24.2. The van der Waals surface area contributed by atoms with E-state index in [1.54, 1.807) is 18.2 Å². The standard InChI is InChI=1S/C20H26N2O4S/c23-19-14-22(27(25,26)18-11-5-2-6-12-18)16-20(19,24)15-21-13-7-10-17-8-3-1-4-9-17/h1-6,8-9,11-12,19,21,23-24H,7,10,13-16H2/t19-,20+/m1/s1. The van der Waals surface area contributed by atoms with E-state index in [-0.39, 0.29) is 24.5 Å². The first-order valence-electron chi connectivity index (χ1n) is 9.12. The summed E-state index contributed by atoms with van der Waals surface area (Å²) in [6.45, 7) is 0.579. The number of sulfonamides is 1. The predicted octanol–water partition coefficient (Wildman–Crippen LogP) is 1.01. The number of aliphatic hydroxyl groups is 2. The number of nitrogens with one attached hydrogen (secondary N) is 1. The van der Waals surface area contributed by atoms with E-state index in [2.05, 4.69) is 17.4 Å². The monoisotopic (exact) mass is 390 g/mol. The van der Waals surface area contributed by atoms with Crippen LogP contribution in [0.2, 0.25) is 0 Å². The van der Waals surface area contributed by atoms with Crippen molar-refractivity contribution in [1.82, 2.24) is 9.62 Å². The van der Waals surface area contributed by atoms with E-state index in [0.717, 1.165) is 17.1 Å². The van der Waals surface area contributed by atoms with Gasteiger partial charge in [-0.15, -0.1) is 0 Å². The molecule has 146 valence electrons. The molecule has 3 rings (SSSR count). The molecule has 27 heavy (non-hydrogen) atoms. The van der Waals surface area contributed by atoms with Crippen LogP contribution in [0.25, 0.3) is 0 Å². The second-order valence-electron chi connectivity index (χ2n) is 7.00. The Kier molecular flexibility index (Phi) is 6.29. The molecule has 1 aliphatic rings. The van der Waals surface area contributed by atoms with Crippen molar-refractivity contribution in [3.63, 3.8) is 0 Å². The molecule has 6 nitrogen and oxygen atoms in total. The molecule has 0 aromatic heterocycles. The van der Waals surface area contributed by atoms with Gasteiger partial charge in [-0.2, -0.15) is 4.31 Å². The molecule has 2 atom stereocenters. The van der Waals surface area contributed by atoms with Gasteiger partial charge in [0.15, 0.2) is 0 Å². The minimum absolute atomic E-state index is 0.112. The first-order chi connectivity index (χ1) is 12.9. The van der Waals surface area contributed by atoms with Crippen LogP contribution in [-0.4, -0.2) is 60.8 Å². The lowest BCUT2D eigenvalue weighted by atomic mass is 10.0. The molecule has 2 aromatic rings. The van der Waals surface area contributed by atoms with Gasteiger partial charge in [-0.05, 0) is 37.1 Å². The fraction of sp³-hybridized carbons (Fsp3) is 0.400. The lowest BCUT2D eigenvalue weighted by molar-refractivity contribution is -0.0381. The van der Waals surface area contributed by atoms with Crippen molar-refractivity contribution >= 4 is 10.0 Å². The molecule has 0 unspecified atom stereocenters. The number of hydrogen-bond donors (Lipinski definition) is 3. The molecule has 1 saturated heterocycles. The lowest BCUT2D eigenvalue weighted by Crippen LogP contribution is -2.50. The van der Waals surface area contributed by atoms with Crippen LogP contribution in [0, 0.1) is 0 Å². The first-order valence-corrected chi connectivity index (χ1v) is 10.6. The zero-order valence-electron chi connectivity index (χ0n) is 15.2. The average Bonchev–Trinajstić information content (AvgIpc) is 2.99. The zero-order chi connectivity index (χ0) is 19.3. The molecule has 0 amide bonds. The maximum absolute atomic E-state index is 12.7. The summed E-state index contributed by atoms with van der Waals surface area (Å²) in [7, 11) is -3.73. The van der Waals surface area contributed by atoms with Crippen LogP contribution < -0.4 is 5.32 Å². The van der Waals surface area contributed by atoms with E-state index < -0.39 is 21.7 Å². The normalized spacial score (nSPS) is 23.6. The molecule has 0 radical (unpaired) electrons. The highest BCUT2D eigenvalue weighted by atomic mass is 32.2. The molecule has 2 aromatic carbocycles. The molecule has 0 spiro atoms. The number of hydrogen-bond acceptors (Lipinski definition) is 5. The Bertz CT molecular complexity index is 830. The van der Waals surface area contributed by atoms with Crippen LogP contribution in [0.5, 0.6) is 0 Å². The fourth-order valence-corrected chi connectivity index (χ4v) is 4.83. The predicted molar refractivity (Wildman–Crippen MR) is 104 cm³/mol. The largest absolute Gasteiger partial charge is 0.389 e. The Labute approximate surface area is 160 Å². The van der Waals surface area contributed by atoms with Gasteiger partial charge in [0.05, 0.1) is 11.0 Å². The minimum Gasteiger partial charge on any atom is -0.389 e. The summed E-state index contributed by atoms with van der Waals surface area (Å²) in [5.74, 6) is 0. The van der Waals surface area contributed by atoms with Crippen molar-refractivity contribution in [2.75, 3.05) is 26.2 Å². The zero-order valence-corrected chi connectivity index (χ0v) is 16.0. The van der Waals surface area contributed by atoms with Crippen molar-refractivity contribution in [2.24, 2.45) is 0 Å². The number of β-amino-alcohol motifs (C(OH)–C–C–N with tert-alkyl or cyclic N) is 2. The van der Waals surface area contributed by atoms with E-state index in [1.165, 1.54) is 17.7 Å². The van der Waals surface area contributed by atoms with Gasteiger partial charge >= 0.3 is 0 Å². The van der Waals surface area contributed by atoms with Crippen molar-refractivity contribution < 1.29 is 18.6 Å². The quantitative estimate of drug-likeness (QED) is 0.585. The molecular formula is C20H26N2O4S. The van der Waals surface area contributed by atoms with Crippen LogP contribution in [-0.2, 0) is 16.4 Å². The number of benzene rings is 2. The Morgan fingerprint density at radius 3 is 2.37 bits per heavy atom. The third-order valence-electron chi connectivity index (χ3n) is 4.92. The summed E-state index contributed by atoms with van der Waals surface area (Å²) in [5.41, 5.74) is -0.242. The maximum Gasteiger partial charge on any atom is 0.243 e. The number of aliphatic hydroxyl groups excluding tert-OH is 1. The van der Waals surface area contributed by atoms with Crippen LogP contribution in [0.4, 0.5) is 0 Å². The second kappa shape index (κ2) is 8.50. The molecule has 1 heterocycles. The first kappa shape index (κ1) is 20.0. The van der Waals surface area contributed by atoms with Crippen LogP contribution in [0.1, 0.15) is 12.0 Å². The van der Waals surface area contributed by atoms with Crippen molar-refractivity contribution in [3.8, 4) is 0 Å². The van der Waals surface area contributed by atoms with E-state index in [4.69, 9.17) is 0 Å². The van der Waals surface area contributed by atoms with E-state index in [1.807, 2.05) is 18.2 Å². The topological polar surface area (TPSA) is 89.9 Å². The Hall–Kier alpha value is -1.77. The van der Waals surface area contributed by atoms with Crippen molar-refractivity contribution in [3.05, 3.63) is 66.2 Å². The van der Waals surface area contributed by atoms with E-state index >= 15 is 0 Å². The maximum atomic E-state index is 12.7. The van der Waals surface area contributed by atoms with Gasteiger partial charge in [0.1, 0.15) is 5.60 Å². The Balaban J connectivity index is 1.52. The number of nitrogens with zero attached hydrogens (tertiary/aromatic N) is 1. The average molecular weight is 391 g/mol. The van der Waals surface area contributed by atoms with Crippen LogP contribution in [0.3, 0.4) is 0 Å². The third kappa shape index (κ3) is 4.75. The number of rotatable bonds is 8. The summed E-state index contributed by atoms with van der Waals surface area (Å²) < 4.78 is 26.5. The number of aryl methyl sites for hydroxylation is 1. The van der Waals surface area contributed by atoms with Crippen molar-refractivity contribution in [2.45, 2.75) is 29.4 Å². The van der Waals surface area contributed by atoms with E-state index in [0.29, 0.717) is 6.54 Å². The molecule has 0 aliphatic carbocycles. The summed E-state index contributed by atoms with van der Waals surface area (Å²) >= 11 is 0. The third-order valence-corrected chi connectivity index (χ3v) is 6.75. The molecule has 7 heteroatoms. The minimum atomic E-state index is -3.73. The van der Waals surface area contributed by atoms with Crippen molar-refractivity contribution in [1.29, 1.82) is 0 Å². The van der Waals surface area contributed by atoms with Crippen LogP contribution in [0.15, 0.2) is 65.6 Å². The Morgan fingerprint density at radius 2 is 1.70 bits per heavy atom. The highest BCUT2D eigenvalue weighted by molar-refractivity contribution is 7.89. The molecule has 0 bridgehead atoms. The van der Waals surface area contributed by atoms with Gasteiger partial charge in [-0.25, -0.2) is 8.42 Å². The van der Waals surface area contributed by atoms with Gasteiger partial charge in [0.25, 0.3) is 0 Å². The smallest absolute Gasteiger partial charge is 0.243 e. The van der Waals surface area contributed by atoms with Gasteiger partial charge in [-0.3, -0.25) is 0 Å². The van der Waals surface area contributed by atoms with Gasteiger partial charge in [-0.1, -0.05) is 48.5 Å². The Morgan fingerprint density at radius 1 is 1.07 bits per heavy atom. The highest BCUT2D eigenvalue weighted by Crippen LogP contribution is 2.27. The SMILES string of the molecule is O=S(=O)(c1ccccc1)N1C[C@@H](O)[C@](O)(CNCCCc2ccccc2)C1. The van der Waals surface area contributed by atoms with Gasteiger partial charge in [0.2, 0.25) is 10.0 Å². The molecular weight excluding hydrogens is 364 g/mol. The molecule has 3 N–H and O–H groups in total. The van der Waals surface area contributed by atoms with E-state index in [9.17, 15) is 18.6 Å². The van der Waals surface area contributed by atoms with Gasteiger partial charge in [0, 0.05) is 19.6 Å². The highest BCUT2D eigenvalue weighted by Gasteiger charge is 2.48. The molecule has 0 saturated carbocycles. The summed E-state index contributed by atoms with van der Waals surface area (Å²) in [4.78, 5) is 0.164. The molecule has 1 aliphatic heterocycles. The molecule has 1 fully saturated rings. The summed E-state index contributed by atoms with van der Waals surface area (Å²) in [6, 6.07) is 18.2.